The van der Waals surface area contributed by atoms with E-state index < -0.39 is 0 Å². The third kappa shape index (κ3) is 5.84. The van der Waals surface area contributed by atoms with Crippen LogP contribution in [0.2, 0.25) is 0 Å². The molecule has 6 heteroatoms. The third-order valence-corrected chi connectivity index (χ3v) is 4.42. The lowest BCUT2D eigenvalue weighted by molar-refractivity contribution is -0.119. The summed E-state index contributed by atoms with van der Waals surface area (Å²) in [6.45, 7) is 4.78. The molecular weight excluding hydrogens is 417 g/mol. The van der Waals surface area contributed by atoms with Gasteiger partial charge in [-0.25, -0.2) is 5.43 Å². The van der Waals surface area contributed by atoms with Crippen LogP contribution in [0.15, 0.2) is 47.6 Å². The van der Waals surface area contributed by atoms with E-state index in [9.17, 15) is 4.79 Å². The van der Waals surface area contributed by atoms with Gasteiger partial charge in [-0.15, -0.1) is 0 Å². The molecule has 0 unspecified atom stereocenters. The van der Waals surface area contributed by atoms with E-state index in [1.165, 1.54) is 9.13 Å². The number of benzene rings is 2. The second-order valence-corrected chi connectivity index (χ2v) is 6.27. The van der Waals surface area contributed by atoms with Crippen LogP contribution in [0.3, 0.4) is 0 Å². The van der Waals surface area contributed by atoms with Gasteiger partial charge in [0.15, 0.2) is 0 Å². The predicted molar refractivity (Wildman–Crippen MR) is 106 cm³/mol. The summed E-state index contributed by atoms with van der Waals surface area (Å²) in [7, 11) is 0. The molecule has 0 bridgehead atoms. The molecule has 5 nitrogen and oxygen atoms in total. The minimum Gasteiger partial charge on any atom is -0.494 e. The van der Waals surface area contributed by atoms with E-state index in [0.29, 0.717) is 6.61 Å². The number of aryl methyl sites for hydroxylation is 1. The molecule has 24 heavy (non-hydrogen) atoms. The van der Waals surface area contributed by atoms with E-state index in [-0.39, 0.29) is 12.5 Å². The van der Waals surface area contributed by atoms with E-state index in [0.717, 1.165) is 17.0 Å². The molecule has 2 aromatic rings. The molecule has 0 spiro atoms. The Morgan fingerprint density at radius 2 is 2.00 bits per heavy atom. The maximum absolute atomic E-state index is 11.8. The number of halogens is 1. The van der Waals surface area contributed by atoms with Gasteiger partial charge < -0.3 is 10.1 Å². The van der Waals surface area contributed by atoms with Gasteiger partial charge in [-0.2, -0.15) is 5.10 Å². The van der Waals surface area contributed by atoms with Gasteiger partial charge in [0.2, 0.25) is 0 Å². The number of nitrogens with zero attached hydrogens (tertiary/aromatic N) is 1. The van der Waals surface area contributed by atoms with E-state index in [4.69, 9.17) is 4.74 Å². The Bertz CT molecular complexity index is 715. The van der Waals surface area contributed by atoms with Gasteiger partial charge in [0, 0.05) is 9.26 Å². The van der Waals surface area contributed by atoms with Crippen molar-refractivity contribution in [2.75, 3.05) is 18.5 Å². The first-order chi connectivity index (χ1) is 11.6. The summed E-state index contributed by atoms with van der Waals surface area (Å²) in [5.74, 6) is 0.615. The summed E-state index contributed by atoms with van der Waals surface area (Å²) in [4.78, 5) is 11.8. The maximum atomic E-state index is 11.8. The molecule has 126 valence electrons. The Hall–Kier alpha value is -2.09. The largest absolute Gasteiger partial charge is 0.494 e. The van der Waals surface area contributed by atoms with Crippen LogP contribution < -0.4 is 15.5 Å². The van der Waals surface area contributed by atoms with Gasteiger partial charge in [-0.05, 0) is 90.0 Å². The minimum absolute atomic E-state index is 0.167. The highest BCUT2D eigenvalue weighted by molar-refractivity contribution is 14.1. The fourth-order valence-electron chi connectivity index (χ4n) is 1.97. The van der Waals surface area contributed by atoms with Crippen LogP contribution in [0, 0.1) is 10.5 Å². The molecule has 2 rings (SSSR count). The lowest BCUT2D eigenvalue weighted by Crippen LogP contribution is -2.25. The molecule has 0 aliphatic carbocycles. The Morgan fingerprint density at radius 1 is 1.25 bits per heavy atom. The number of anilines is 1. The van der Waals surface area contributed by atoms with Crippen molar-refractivity contribution in [1.82, 2.24) is 5.43 Å². The number of hydrazone groups is 1. The number of rotatable bonds is 7. The second kappa shape index (κ2) is 9.27. The van der Waals surface area contributed by atoms with Crippen molar-refractivity contribution in [3.63, 3.8) is 0 Å². The van der Waals surface area contributed by atoms with E-state index in [1.807, 2.05) is 56.3 Å². The normalized spacial score (nSPS) is 10.6. The molecule has 0 aromatic heterocycles. The predicted octanol–water partition coefficient (Wildman–Crippen LogP) is 3.56. The van der Waals surface area contributed by atoms with Crippen LogP contribution in [-0.2, 0) is 4.79 Å². The van der Waals surface area contributed by atoms with Gasteiger partial charge in [0.1, 0.15) is 5.75 Å². The first-order valence-corrected chi connectivity index (χ1v) is 8.71. The van der Waals surface area contributed by atoms with Gasteiger partial charge >= 0.3 is 0 Å². The van der Waals surface area contributed by atoms with Crippen LogP contribution in [0.4, 0.5) is 5.69 Å². The average Bonchev–Trinajstić information content (AvgIpc) is 2.58. The quantitative estimate of drug-likeness (QED) is 0.396. The summed E-state index contributed by atoms with van der Waals surface area (Å²) in [5.41, 5.74) is 5.48. The van der Waals surface area contributed by atoms with Crippen LogP contribution in [0.5, 0.6) is 5.75 Å². The summed E-state index contributed by atoms with van der Waals surface area (Å²) >= 11 is 2.28. The number of nitrogens with one attached hydrogen (secondary N) is 2. The maximum Gasteiger partial charge on any atom is 0.259 e. The third-order valence-electron chi connectivity index (χ3n) is 3.20. The molecule has 0 atom stereocenters. The zero-order valence-corrected chi connectivity index (χ0v) is 15.8. The molecule has 0 radical (unpaired) electrons. The fourth-order valence-corrected chi connectivity index (χ4v) is 2.31. The van der Waals surface area contributed by atoms with E-state index in [1.54, 1.807) is 6.21 Å². The van der Waals surface area contributed by atoms with Crippen molar-refractivity contribution in [3.8, 4) is 5.75 Å². The van der Waals surface area contributed by atoms with Crippen molar-refractivity contribution in [1.29, 1.82) is 0 Å². The highest BCUT2D eigenvalue weighted by Gasteiger charge is 2.01. The highest BCUT2D eigenvalue weighted by Crippen LogP contribution is 2.16. The minimum atomic E-state index is -0.201. The summed E-state index contributed by atoms with van der Waals surface area (Å²) in [5, 5.41) is 7.03. The van der Waals surface area contributed by atoms with Crippen LogP contribution in [0.1, 0.15) is 18.1 Å². The van der Waals surface area contributed by atoms with Crippen molar-refractivity contribution < 1.29 is 9.53 Å². The molecule has 2 N–H and O–H groups in total. The number of amides is 1. The molecule has 2 aromatic carbocycles. The van der Waals surface area contributed by atoms with Gasteiger partial charge in [0.25, 0.3) is 5.91 Å². The van der Waals surface area contributed by atoms with Crippen molar-refractivity contribution in [2.45, 2.75) is 13.8 Å². The van der Waals surface area contributed by atoms with Gasteiger partial charge in [-0.1, -0.05) is 0 Å². The zero-order valence-electron chi connectivity index (χ0n) is 13.7. The van der Waals surface area contributed by atoms with E-state index in [2.05, 4.69) is 38.4 Å². The smallest absolute Gasteiger partial charge is 0.259 e. The van der Waals surface area contributed by atoms with Crippen molar-refractivity contribution >= 4 is 40.4 Å². The summed E-state index contributed by atoms with van der Waals surface area (Å²) in [6, 6.07) is 13.5. The first-order valence-electron chi connectivity index (χ1n) is 7.63. The summed E-state index contributed by atoms with van der Waals surface area (Å²) in [6.07, 6.45) is 1.60. The molecule has 0 aliphatic rings. The molecule has 0 heterocycles. The Kier molecular flexibility index (Phi) is 7.05. The molecular formula is C18H20IN3O2. The fraction of sp³-hybridized carbons (Fsp3) is 0.222. The molecule has 0 saturated carbocycles. The first kappa shape index (κ1) is 18.3. The van der Waals surface area contributed by atoms with Crippen LogP contribution in [-0.4, -0.2) is 25.3 Å². The average molecular weight is 437 g/mol. The second-order valence-electron chi connectivity index (χ2n) is 5.11. The molecule has 1 amide bonds. The molecule has 0 aliphatic heterocycles. The number of carbonyl (C=O) groups is 1. The number of hydrogen-bond acceptors (Lipinski definition) is 4. The standard InChI is InChI=1S/C18H20IN3O2/c1-3-24-16-7-4-14(5-8-16)11-21-22-18(23)12-20-15-6-9-17(19)13(2)10-15/h4-11,20H,3,12H2,1-2H3,(H,22,23)/b21-11+. The van der Waals surface area contributed by atoms with Crippen LogP contribution >= 0.6 is 22.6 Å². The number of carbonyl (C=O) groups excluding carboxylic acids is 1. The van der Waals surface area contributed by atoms with Gasteiger partial charge in [-0.3, -0.25) is 4.79 Å². The topological polar surface area (TPSA) is 62.7 Å². The van der Waals surface area contributed by atoms with Gasteiger partial charge in [0.05, 0.1) is 19.4 Å². The van der Waals surface area contributed by atoms with Crippen molar-refractivity contribution in [2.24, 2.45) is 5.10 Å². The monoisotopic (exact) mass is 437 g/mol. The lowest BCUT2D eigenvalue weighted by atomic mass is 10.2. The lowest BCUT2D eigenvalue weighted by Gasteiger charge is -2.07. The van der Waals surface area contributed by atoms with E-state index >= 15 is 0 Å². The number of hydrogen-bond donors (Lipinski definition) is 2. The number of ether oxygens (including phenoxy) is 1. The molecule has 0 saturated heterocycles. The summed E-state index contributed by atoms with van der Waals surface area (Å²) < 4.78 is 6.57. The Labute approximate surface area is 155 Å². The van der Waals surface area contributed by atoms with Crippen molar-refractivity contribution in [3.05, 3.63) is 57.2 Å². The molecule has 0 fully saturated rings. The zero-order chi connectivity index (χ0) is 17.4. The SMILES string of the molecule is CCOc1ccc(/C=N/NC(=O)CNc2ccc(I)c(C)c2)cc1. The Morgan fingerprint density at radius 3 is 2.67 bits per heavy atom. The highest BCUT2D eigenvalue weighted by atomic mass is 127. The van der Waals surface area contributed by atoms with Crippen LogP contribution in [0.25, 0.3) is 0 Å². The Balaban J connectivity index is 1.78.